The quantitative estimate of drug-likeness (QED) is 0.744. The highest BCUT2D eigenvalue weighted by Gasteiger charge is 2.12. The number of carbonyl (C=O) groups is 1. The summed E-state index contributed by atoms with van der Waals surface area (Å²) in [5, 5.41) is 5.99. The highest BCUT2D eigenvalue weighted by Crippen LogP contribution is 2.25. The minimum Gasteiger partial charge on any atom is -0.497 e. The third kappa shape index (κ3) is 3.70. The first-order valence-corrected chi connectivity index (χ1v) is 8.08. The predicted molar refractivity (Wildman–Crippen MR) is 93.5 cm³/mol. The van der Waals surface area contributed by atoms with Crippen LogP contribution in [0, 0.1) is 0 Å². The molecule has 0 radical (unpaired) electrons. The lowest BCUT2D eigenvalue weighted by Crippen LogP contribution is -2.12. The Hall–Kier alpha value is -2.37. The fraction of sp³-hybridized carbons (Fsp3) is 0.0588. The zero-order chi connectivity index (χ0) is 16.2. The smallest absolute Gasteiger partial charge is 0.275 e. The summed E-state index contributed by atoms with van der Waals surface area (Å²) in [6.07, 6.45) is 0. The van der Waals surface area contributed by atoms with Crippen molar-refractivity contribution in [2.45, 2.75) is 0 Å². The predicted octanol–water partition coefficient (Wildman–Crippen LogP) is 4.72. The van der Waals surface area contributed by atoms with E-state index in [1.807, 2.05) is 24.3 Å². The second-order valence-electron chi connectivity index (χ2n) is 4.73. The summed E-state index contributed by atoms with van der Waals surface area (Å²) in [6, 6.07) is 14.5. The number of thiazole rings is 1. The van der Waals surface area contributed by atoms with Crippen molar-refractivity contribution >= 4 is 34.5 Å². The molecule has 1 aromatic heterocycles. The van der Waals surface area contributed by atoms with Crippen LogP contribution in [-0.4, -0.2) is 18.0 Å². The Bertz CT molecular complexity index is 831. The highest BCUT2D eigenvalue weighted by molar-refractivity contribution is 7.13. The maximum Gasteiger partial charge on any atom is 0.275 e. The van der Waals surface area contributed by atoms with Gasteiger partial charge in [0.1, 0.15) is 16.5 Å². The molecule has 0 aliphatic heterocycles. The van der Waals surface area contributed by atoms with Crippen molar-refractivity contribution in [1.29, 1.82) is 0 Å². The molecule has 0 fully saturated rings. The first-order chi connectivity index (χ1) is 11.2. The van der Waals surface area contributed by atoms with Crippen LogP contribution in [0.2, 0.25) is 5.02 Å². The minimum atomic E-state index is -0.255. The third-order valence-corrected chi connectivity index (χ3v) is 4.30. The van der Waals surface area contributed by atoms with E-state index in [-0.39, 0.29) is 5.91 Å². The molecule has 23 heavy (non-hydrogen) atoms. The average molecular weight is 345 g/mol. The Labute approximate surface area is 142 Å². The molecule has 0 spiro atoms. The summed E-state index contributed by atoms with van der Waals surface area (Å²) in [5.41, 5.74) is 1.97. The Kier molecular flexibility index (Phi) is 4.60. The van der Waals surface area contributed by atoms with Crippen molar-refractivity contribution in [3.8, 4) is 16.3 Å². The number of halogens is 1. The molecule has 116 valence electrons. The second kappa shape index (κ2) is 6.81. The minimum absolute atomic E-state index is 0.255. The number of aromatic nitrogens is 1. The standard InChI is InChI=1S/C17H13ClN2O2S/c1-22-14-4-2-3-13(9-14)19-16(21)15-10-23-17(20-15)11-5-7-12(18)8-6-11/h2-10H,1H3,(H,19,21). The van der Waals surface area contributed by atoms with E-state index in [2.05, 4.69) is 10.3 Å². The molecule has 0 aliphatic rings. The molecule has 4 nitrogen and oxygen atoms in total. The van der Waals surface area contributed by atoms with Crippen molar-refractivity contribution in [1.82, 2.24) is 4.98 Å². The number of nitrogens with zero attached hydrogens (tertiary/aromatic N) is 1. The number of ether oxygens (including phenoxy) is 1. The normalized spacial score (nSPS) is 10.3. The Morgan fingerprint density at radius 1 is 1.22 bits per heavy atom. The van der Waals surface area contributed by atoms with E-state index in [1.165, 1.54) is 11.3 Å². The summed E-state index contributed by atoms with van der Waals surface area (Å²) in [7, 11) is 1.58. The van der Waals surface area contributed by atoms with Gasteiger partial charge in [0.2, 0.25) is 0 Å². The topological polar surface area (TPSA) is 51.2 Å². The molecule has 0 saturated carbocycles. The summed E-state index contributed by atoms with van der Waals surface area (Å²) in [6.45, 7) is 0. The first kappa shape index (κ1) is 15.5. The number of amides is 1. The van der Waals surface area contributed by atoms with E-state index in [4.69, 9.17) is 16.3 Å². The van der Waals surface area contributed by atoms with Gasteiger partial charge in [-0.25, -0.2) is 4.98 Å². The van der Waals surface area contributed by atoms with Gasteiger partial charge in [-0.1, -0.05) is 29.8 Å². The number of hydrogen-bond acceptors (Lipinski definition) is 4. The molecule has 2 aromatic carbocycles. The van der Waals surface area contributed by atoms with Crippen LogP contribution >= 0.6 is 22.9 Å². The van der Waals surface area contributed by atoms with E-state index >= 15 is 0 Å². The van der Waals surface area contributed by atoms with Gasteiger partial charge in [-0.2, -0.15) is 0 Å². The van der Waals surface area contributed by atoms with Crippen LogP contribution in [-0.2, 0) is 0 Å². The molecule has 0 unspecified atom stereocenters. The third-order valence-electron chi connectivity index (χ3n) is 3.16. The van der Waals surface area contributed by atoms with Gasteiger partial charge < -0.3 is 10.1 Å². The number of hydrogen-bond donors (Lipinski definition) is 1. The van der Waals surface area contributed by atoms with Crippen molar-refractivity contribution in [2.24, 2.45) is 0 Å². The van der Waals surface area contributed by atoms with Gasteiger partial charge >= 0.3 is 0 Å². The molecular formula is C17H13ClN2O2S. The molecule has 1 heterocycles. The van der Waals surface area contributed by atoms with Crippen LogP contribution in [0.4, 0.5) is 5.69 Å². The van der Waals surface area contributed by atoms with E-state index in [1.54, 1.807) is 36.8 Å². The zero-order valence-electron chi connectivity index (χ0n) is 12.2. The van der Waals surface area contributed by atoms with Gasteiger partial charge in [-0.15, -0.1) is 11.3 Å². The lowest BCUT2D eigenvalue weighted by molar-refractivity contribution is 0.102. The lowest BCUT2D eigenvalue weighted by Gasteiger charge is -2.05. The number of anilines is 1. The Morgan fingerprint density at radius 3 is 2.74 bits per heavy atom. The maximum atomic E-state index is 12.3. The number of benzene rings is 2. The Morgan fingerprint density at radius 2 is 2.00 bits per heavy atom. The summed E-state index contributed by atoms with van der Waals surface area (Å²) in [5.74, 6) is 0.428. The van der Waals surface area contributed by atoms with Crippen molar-refractivity contribution in [2.75, 3.05) is 12.4 Å². The largest absolute Gasteiger partial charge is 0.497 e. The SMILES string of the molecule is COc1cccc(NC(=O)c2csc(-c3ccc(Cl)cc3)n2)c1. The van der Waals surface area contributed by atoms with Crippen LogP contribution in [0.1, 0.15) is 10.5 Å². The number of methoxy groups -OCH3 is 1. The second-order valence-corrected chi connectivity index (χ2v) is 6.03. The molecular weight excluding hydrogens is 332 g/mol. The van der Waals surface area contributed by atoms with Gasteiger partial charge in [0.05, 0.1) is 7.11 Å². The van der Waals surface area contributed by atoms with Crippen LogP contribution in [0.5, 0.6) is 5.75 Å². The molecule has 6 heteroatoms. The number of carbonyl (C=O) groups excluding carboxylic acids is 1. The van der Waals surface area contributed by atoms with Crippen LogP contribution in [0.15, 0.2) is 53.9 Å². The van der Waals surface area contributed by atoms with Crippen molar-refractivity contribution in [3.63, 3.8) is 0 Å². The van der Waals surface area contributed by atoms with Crippen LogP contribution in [0.3, 0.4) is 0 Å². The molecule has 0 bridgehead atoms. The van der Waals surface area contributed by atoms with Crippen LogP contribution < -0.4 is 10.1 Å². The average Bonchev–Trinajstić information content (AvgIpc) is 3.06. The van der Waals surface area contributed by atoms with Gasteiger partial charge in [0, 0.05) is 27.7 Å². The molecule has 3 aromatic rings. The van der Waals surface area contributed by atoms with Gasteiger partial charge in [0.15, 0.2) is 0 Å². The Balaban J connectivity index is 1.76. The van der Waals surface area contributed by atoms with Crippen LogP contribution in [0.25, 0.3) is 10.6 Å². The van der Waals surface area contributed by atoms with E-state index in [9.17, 15) is 4.79 Å². The zero-order valence-corrected chi connectivity index (χ0v) is 13.8. The molecule has 3 rings (SSSR count). The summed E-state index contributed by atoms with van der Waals surface area (Å²) < 4.78 is 5.14. The summed E-state index contributed by atoms with van der Waals surface area (Å²) in [4.78, 5) is 16.7. The maximum absolute atomic E-state index is 12.3. The number of rotatable bonds is 4. The number of nitrogens with one attached hydrogen (secondary N) is 1. The monoisotopic (exact) mass is 344 g/mol. The molecule has 1 amide bonds. The van der Waals surface area contributed by atoms with Gasteiger partial charge in [-0.3, -0.25) is 4.79 Å². The molecule has 0 aliphatic carbocycles. The van der Waals surface area contributed by atoms with Crippen molar-refractivity contribution < 1.29 is 9.53 Å². The van der Waals surface area contributed by atoms with E-state index < -0.39 is 0 Å². The highest BCUT2D eigenvalue weighted by atomic mass is 35.5. The van der Waals surface area contributed by atoms with Gasteiger partial charge in [-0.05, 0) is 24.3 Å². The van der Waals surface area contributed by atoms with E-state index in [0.717, 1.165) is 10.6 Å². The lowest BCUT2D eigenvalue weighted by atomic mass is 10.2. The fourth-order valence-electron chi connectivity index (χ4n) is 2.00. The van der Waals surface area contributed by atoms with Gasteiger partial charge in [0.25, 0.3) is 5.91 Å². The molecule has 0 saturated heterocycles. The summed E-state index contributed by atoms with van der Waals surface area (Å²) >= 11 is 7.29. The molecule has 0 atom stereocenters. The van der Waals surface area contributed by atoms with Crippen molar-refractivity contribution in [3.05, 3.63) is 64.6 Å². The molecule has 1 N–H and O–H groups in total. The first-order valence-electron chi connectivity index (χ1n) is 6.82. The van der Waals surface area contributed by atoms with E-state index in [0.29, 0.717) is 22.2 Å². The fourth-order valence-corrected chi connectivity index (χ4v) is 2.93.